The molecule has 1 saturated heterocycles. The van der Waals surface area contributed by atoms with Crippen LogP contribution in [0.1, 0.15) is 18.3 Å². The Hall–Kier alpha value is -1.83. The van der Waals surface area contributed by atoms with Crippen molar-refractivity contribution in [2.75, 3.05) is 19.5 Å². The molecule has 1 aromatic carbocycles. The van der Waals surface area contributed by atoms with Crippen molar-refractivity contribution in [3.8, 4) is 11.3 Å². The van der Waals surface area contributed by atoms with Gasteiger partial charge in [0.2, 0.25) is 15.0 Å². The molecule has 0 bridgehead atoms. The zero-order valence-corrected chi connectivity index (χ0v) is 12.9. The molecule has 7 heteroatoms. The molecule has 22 heavy (non-hydrogen) atoms. The molecule has 0 saturated carbocycles. The highest BCUT2D eigenvalue weighted by atomic mass is 32.2. The normalized spacial score (nSPS) is 16.6. The molecule has 2 aromatic rings. The van der Waals surface area contributed by atoms with Gasteiger partial charge in [0.1, 0.15) is 0 Å². The summed E-state index contributed by atoms with van der Waals surface area (Å²) in [7, 11) is -3.44. The summed E-state index contributed by atoms with van der Waals surface area (Å²) in [6.45, 7) is 1.33. The van der Waals surface area contributed by atoms with Crippen molar-refractivity contribution in [1.82, 2.24) is 9.97 Å². The summed E-state index contributed by atoms with van der Waals surface area (Å²) >= 11 is 0. The molecule has 6 nitrogen and oxygen atoms in total. The van der Waals surface area contributed by atoms with Gasteiger partial charge in [-0.2, -0.15) is 0 Å². The van der Waals surface area contributed by atoms with Crippen LogP contribution in [-0.4, -0.2) is 37.9 Å². The number of hydrogen-bond donors (Lipinski definition) is 0. The lowest BCUT2D eigenvalue weighted by molar-refractivity contribution is -0.183. The summed E-state index contributed by atoms with van der Waals surface area (Å²) in [6.07, 6.45) is 3.04. The zero-order valence-electron chi connectivity index (χ0n) is 12.1. The second-order valence-corrected chi connectivity index (χ2v) is 6.96. The molecule has 1 fully saturated rings. The number of ether oxygens (including phenoxy) is 2. The number of sulfone groups is 1. The Labute approximate surface area is 129 Å². The summed E-state index contributed by atoms with van der Waals surface area (Å²) in [4.78, 5) is 7.92. The lowest BCUT2D eigenvalue weighted by atomic mass is 10.1. The van der Waals surface area contributed by atoms with Crippen LogP contribution in [0.25, 0.3) is 11.3 Å². The van der Waals surface area contributed by atoms with Gasteiger partial charge in [-0.3, -0.25) is 0 Å². The average molecular weight is 320 g/mol. The summed E-state index contributed by atoms with van der Waals surface area (Å²) in [5.41, 5.74) is 2.23. The number of hydrogen-bond acceptors (Lipinski definition) is 6. The van der Waals surface area contributed by atoms with Gasteiger partial charge in [0.05, 0.1) is 18.9 Å². The minimum Gasteiger partial charge on any atom is -0.348 e. The molecule has 2 heterocycles. The maximum absolute atomic E-state index is 11.6. The standard InChI is InChI=1S/C15H16N2O4S/c1-22(18,19)15-16-7-6-13(17-15)11-4-2-5-12(10-11)14-20-8-3-9-21-14/h2,4-7,10,14H,3,8-9H2,1H3. The quantitative estimate of drug-likeness (QED) is 0.805. The van der Waals surface area contributed by atoms with Crippen LogP contribution < -0.4 is 0 Å². The molecule has 116 valence electrons. The lowest BCUT2D eigenvalue weighted by Crippen LogP contribution is -2.17. The summed E-state index contributed by atoms with van der Waals surface area (Å²) < 4.78 is 34.3. The number of rotatable bonds is 3. The first-order valence-corrected chi connectivity index (χ1v) is 8.80. The Morgan fingerprint density at radius 3 is 2.68 bits per heavy atom. The average Bonchev–Trinajstić information content (AvgIpc) is 2.55. The number of aromatic nitrogens is 2. The van der Waals surface area contributed by atoms with E-state index in [1.165, 1.54) is 6.20 Å². The van der Waals surface area contributed by atoms with Gasteiger partial charge >= 0.3 is 0 Å². The second-order valence-electron chi connectivity index (χ2n) is 5.05. The molecule has 0 radical (unpaired) electrons. The van der Waals surface area contributed by atoms with E-state index in [4.69, 9.17) is 9.47 Å². The smallest absolute Gasteiger partial charge is 0.247 e. The largest absolute Gasteiger partial charge is 0.348 e. The highest BCUT2D eigenvalue weighted by Crippen LogP contribution is 2.27. The van der Waals surface area contributed by atoms with Crippen molar-refractivity contribution in [2.45, 2.75) is 17.9 Å². The van der Waals surface area contributed by atoms with Crippen LogP contribution in [0.2, 0.25) is 0 Å². The van der Waals surface area contributed by atoms with Crippen LogP contribution in [-0.2, 0) is 19.3 Å². The van der Waals surface area contributed by atoms with Gasteiger partial charge < -0.3 is 9.47 Å². The Kier molecular flexibility index (Phi) is 4.19. The first kappa shape index (κ1) is 15.1. The fourth-order valence-electron chi connectivity index (χ4n) is 2.21. The number of nitrogens with zero attached hydrogens (tertiary/aromatic N) is 2. The molecule has 0 spiro atoms. The summed E-state index contributed by atoms with van der Waals surface area (Å²) in [5, 5.41) is -0.180. The Morgan fingerprint density at radius 2 is 1.95 bits per heavy atom. The van der Waals surface area contributed by atoms with Crippen molar-refractivity contribution in [3.05, 3.63) is 42.1 Å². The van der Waals surface area contributed by atoms with E-state index < -0.39 is 9.84 Å². The minimum absolute atomic E-state index is 0.180. The molecular weight excluding hydrogens is 304 g/mol. The van der Waals surface area contributed by atoms with E-state index in [1.807, 2.05) is 24.3 Å². The molecule has 1 aliphatic heterocycles. The van der Waals surface area contributed by atoms with Crippen LogP contribution in [0.15, 0.2) is 41.7 Å². The first-order chi connectivity index (χ1) is 10.5. The number of benzene rings is 1. The molecule has 0 N–H and O–H groups in total. The SMILES string of the molecule is CS(=O)(=O)c1nccc(-c2cccc(C3OCCCO3)c2)n1. The van der Waals surface area contributed by atoms with Crippen LogP contribution in [0, 0.1) is 0 Å². The van der Waals surface area contributed by atoms with E-state index in [9.17, 15) is 8.42 Å². The zero-order chi connectivity index (χ0) is 15.6. The van der Waals surface area contributed by atoms with Crippen molar-refractivity contribution in [3.63, 3.8) is 0 Å². The topological polar surface area (TPSA) is 78.4 Å². The maximum atomic E-state index is 11.6. The predicted molar refractivity (Wildman–Crippen MR) is 79.8 cm³/mol. The minimum atomic E-state index is -3.44. The Balaban J connectivity index is 1.95. The second kappa shape index (κ2) is 6.12. The van der Waals surface area contributed by atoms with Crippen LogP contribution in [0.3, 0.4) is 0 Å². The highest BCUT2D eigenvalue weighted by molar-refractivity contribution is 7.90. The van der Waals surface area contributed by atoms with Crippen molar-refractivity contribution < 1.29 is 17.9 Å². The predicted octanol–water partition coefficient (Wildman–Crippen LogP) is 1.98. The van der Waals surface area contributed by atoms with Crippen molar-refractivity contribution >= 4 is 9.84 Å². The summed E-state index contributed by atoms with van der Waals surface area (Å²) in [6, 6.07) is 9.22. The van der Waals surface area contributed by atoms with E-state index in [2.05, 4.69) is 9.97 Å². The fourth-order valence-corrected chi connectivity index (χ4v) is 2.72. The van der Waals surface area contributed by atoms with E-state index in [0.717, 1.165) is 23.8 Å². The third kappa shape index (κ3) is 3.32. The Bertz CT molecular complexity index is 771. The van der Waals surface area contributed by atoms with Gasteiger partial charge in [0, 0.05) is 23.6 Å². The van der Waals surface area contributed by atoms with E-state index in [1.54, 1.807) is 6.07 Å². The fraction of sp³-hybridized carbons (Fsp3) is 0.333. The first-order valence-electron chi connectivity index (χ1n) is 6.91. The van der Waals surface area contributed by atoms with Gasteiger partial charge in [0.25, 0.3) is 0 Å². The van der Waals surface area contributed by atoms with Crippen LogP contribution in [0.4, 0.5) is 0 Å². The molecule has 0 amide bonds. The van der Waals surface area contributed by atoms with E-state index in [0.29, 0.717) is 18.9 Å². The molecule has 1 aliphatic rings. The molecule has 0 unspecified atom stereocenters. The molecular formula is C15H16N2O4S. The van der Waals surface area contributed by atoms with E-state index in [-0.39, 0.29) is 11.4 Å². The van der Waals surface area contributed by atoms with E-state index >= 15 is 0 Å². The molecule has 0 atom stereocenters. The third-order valence-electron chi connectivity index (χ3n) is 3.25. The van der Waals surface area contributed by atoms with Gasteiger partial charge in [-0.1, -0.05) is 18.2 Å². The molecule has 3 rings (SSSR count). The van der Waals surface area contributed by atoms with Gasteiger partial charge in [0.15, 0.2) is 6.29 Å². The van der Waals surface area contributed by atoms with Crippen LogP contribution >= 0.6 is 0 Å². The van der Waals surface area contributed by atoms with Crippen molar-refractivity contribution in [2.24, 2.45) is 0 Å². The van der Waals surface area contributed by atoms with Crippen molar-refractivity contribution in [1.29, 1.82) is 0 Å². The Morgan fingerprint density at radius 1 is 1.18 bits per heavy atom. The van der Waals surface area contributed by atoms with Gasteiger partial charge in [-0.25, -0.2) is 18.4 Å². The van der Waals surface area contributed by atoms with Gasteiger partial charge in [-0.05, 0) is 18.6 Å². The molecule has 0 aliphatic carbocycles. The maximum Gasteiger partial charge on any atom is 0.247 e. The van der Waals surface area contributed by atoms with Crippen LogP contribution in [0.5, 0.6) is 0 Å². The summed E-state index contributed by atoms with van der Waals surface area (Å²) in [5.74, 6) is 0. The monoisotopic (exact) mass is 320 g/mol. The highest BCUT2D eigenvalue weighted by Gasteiger charge is 2.18. The third-order valence-corrected chi connectivity index (χ3v) is 4.11. The molecule has 1 aromatic heterocycles. The lowest BCUT2D eigenvalue weighted by Gasteiger charge is -2.23. The van der Waals surface area contributed by atoms with Gasteiger partial charge in [-0.15, -0.1) is 0 Å².